The Morgan fingerprint density at radius 2 is 0.915 bits per heavy atom. The second kappa shape index (κ2) is 44.5. The molecule has 0 heterocycles. The quantitative estimate of drug-likeness (QED) is 0.0522. The van der Waals surface area contributed by atoms with Gasteiger partial charge in [0, 0.05) is 6.07 Å². The molecule has 0 fully saturated rings. The van der Waals surface area contributed by atoms with Crippen LogP contribution in [0.5, 0.6) is 11.5 Å². The van der Waals surface area contributed by atoms with Gasteiger partial charge in [0.1, 0.15) is 17.6 Å². The highest BCUT2D eigenvalue weighted by Gasteiger charge is 2.33. The van der Waals surface area contributed by atoms with Crippen LogP contribution in [0.1, 0.15) is 319 Å². The number of methoxy groups -OCH3 is 1. The number of hydrogen-bond donors (Lipinski definition) is 1. The van der Waals surface area contributed by atoms with Crippen molar-refractivity contribution in [3.8, 4) is 11.5 Å². The molecule has 6 atom stereocenters. The van der Waals surface area contributed by atoms with Crippen molar-refractivity contribution in [3.05, 3.63) is 47.6 Å². The van der Waals surface area contributed by atoms with Gasteiger partial charge in [0.05, 0.1) is 12.7 Å². The number of rotatable bonds is 50. The van der Waals surface area contributed by atoms with Gasteiger partial charge in [0.2, 0.25) is 0 Å². The molecular formula is C68H126O3. The number of hydrogen-bond acceptors (Lipinski definition) is 3. The lowest BCUT2D eigenvalue weighted by Gasteiger charge is -2.34. The van der Waals surface area contributed by atoms with Gasteiger partial charge in [-0.15, -0.1) is 0 Å². The molecule has 0 saturated carbocycles. The summed E-state index contributed by atoms with van der Waals surface area (Å²) in [5.41, 5.74) is 1.85. The van der Waals surface area contributed by atoms with Crippen LogP contribution in [0.25, 0.3) is 0 Å². The van der Waals surface area contributed by atoms with Crippen molar-refractivity contribution in [2.24, 2.45) is 35.5 Å². The van der Waals surface area contributed by atoms with E-state index < -0.39 is 5.60 Å². The average molecular weight is 992 g/mol. The Bertz CT molecular complexity index is 1390. The van der Waals surface area contributed by atoms with Crippen molar-refractivity contribution in [3.63, 3.8) is 0 Å². The SMILES string of the molecule is CCCCCCCC/C=C\CCCCCCCCCCCc1cc(OC)cc(OC(CC/C=C(\C)CCC[C@H](C)CCC[C@H](C)CCCC(C)C)C(C)(O)CCC[C@H](C)CCC[C@H](C)CCCC(C)C)c1. The summed E-state index contributed by atoms with van der Waals surface area (Å²) in [6.45, 7) is 25.8. The van der Waals surface area contributed by atoms with E-state index in [4.69, 9.17) is 9.47 Å². The predicted molar refractivity (Wildman–Crippen MR) is 317 cm³/mol. The molecule has 1 aromatic carbocycles. The van der Waals surface area contributed by atoms with Gasteiger partial charge in [-0.25, -0.2) is 0 Å². The van der Waals surface area contributed by atoms with Crippen molar-refractivity contribution in [1.82, 2.24) is 0 Å². The van der Waals surface area contributed by atoms with Crippen molar-refractivity contribution >= 4 is 0 Å². The third kappa shape index (κ3) is 40.3. The zero-order chi connectivity index (χ0) is 52.4. The summed E-state index contributed by atoms with van der Waals surface area (Å²) >= 11 is 0. The summed E-state index contributed by atoms with van der Waals surface area (Å²) in [4.78, 5) is 0. The van der Waals surface area contributed by atoms with Gasteiger partial charge < -0.3 is 14.6 Å². The Kier molecular flexibility index (Phi) is 42.2. The molecule has 0 aliphatic carbocycles. The van der Waals surface area contributed by atoms with Crippen LogP contribution >= 0.6 is 0 Å². The lowest BCUT2D eigenvalue weighted by atomic mass is 9.86. The molecule has 0 radical (unpaired) electrons. The normalized spacial score (nSPS) is 15.4. The Morgan fingerprint density at radius 1 is 0.493 bits per heavy atom. The first-order valence-electron chi connectivity index (χ1n) is 31.5. The van der Waals surface area contributed by atoms with Gasteiger partial charge >= 0.3 is 0 Å². The summed E-state index contributed by atoms with van der Waals surface area (Å²) in [5.74, 6) is 6.54. The highest BCUT2D eigenvalue weighted by Crippen LogP contribution is 2.32. The first-order chi connectivity index (χ1) is 34.1. The van der Waals surface area contributed by atoms with Gasteiger partial charge in [0.25, 0.3) is 0 Å². The first-order valence-corrected chi connectivity index (χ1v) is 31.5. The molecule has 416 valence electrons. The van der Waals surface area contributed by atoms with Crippen LogP contribution in [0.3, 0.4) is 0 Å². The van der Waals surface area contributed by atoms with E-state index >= 15 is 0 Å². The van der Waals surface area contributed by atoms with Crippen LogP contribution in [0.2, 0.25) is 0 Å². The topological polar surface area (TPSA) is 38.7 Å². The minimum atomic E-state index is -0.916. The Hall–Kier alpha value is -1.74. The second-order valence-corrected chi connectivity index (χ2v) is 25.1. The van der Waals surface area contributed by atoms with Gasteiger partial charge in [-0.3, -0.25) is 0 Å². The minimum Gasteiger partial charge on any atom is -0.497 e. The van der Waals surface area contributed by atoms with Crippen molar-refractivity contribution in [1.29, 1.82) is 0 Å². The number of benzene rings is 1. The minimum absolute atomic E-state index is 0.285. The molecule has 3 nitrogen and oxygen atoms in total. The van der Waals surface area contributed by atoms with Crippen LogP contribution in [0, 0.1) is 35.5 Å². The van der Waals surface area contributed by atoms with E-state index in [0.717, 1.165) is 73.2 Å². The number of aliphatic hydroxyl groups is 1. The molecule has 0 amide bonds. The molecule has 0 bridgehead atoms. The van der Waals surface area contributed by atoms with Crippen LogP contribution in [0.15, 0.2) is 42.0 Å². The van der Waals surface area contributed by atoms with E-state index in [2.05, 4.69) is 99.6 Å². The Balaban J connectivity index is 2.71. The Labute approximate surface area is 446 Å². The third-order valence-corrected chi connectivity index (χ3v) is 16.2. The highest BCUT2D eigenvalue weighted by molar-refractivity contribution is 5.39. The average Bonchev–Trinajstić information content (AvgIpc) is 3.31. The Morgan fingerprint density at radius 3 is 1.39 bits per heavy atom. The molecule has 0 aliphatic heterocycles. The monoisotopic (exact) mass is 991 g/mol. The smallest absolute Gasteiger partial charge is 0.127 e. The maximum absolute atomic E-state index is 12.3. The molecule has 1 rings (SSSR count). The van der Waals surface area contributed by atoms with Crippen molar-refractivity contribution in [2.45, 2.75) is 332 Å². The molecule has 71 heavy (non-hydrogen) atoms. The number of allylic oxidation sites excluding steroid dienone is 4. The van der Waals surface area contributed by atoms with Crippen LogP contribution in [-0.2, 0) is 6.42 Å². The molecular weight excluding hydrogens is 865 g/mol. The van der Waals surface area contributed by atoms with E-state index in [1.54, 1.807) is 7.11 Å². The fourth-order valence-corrected chi connectivity index (χ4v) is 11.0. The number of aryl methyl sites for hydroxylation is 1. The van der Waals surface area contributed by atoms with Gasteiger partial charge in [0.15, 0.2) is 0 Å². The number of ether oxygens (including phenoxy) is 2. The lowest BCUT2D eigenvalue weighted by molar-refractivity contribution is -0.0585. The maximum Gasteiger partial charge on any atom is 0.127 e. The van der Waals surface area contributed by atoms with E-state index in [9.17, 15) is 5.11 Å². The van der Waals surface area contributed by atoms with Gasteiger partial charge in [-0.1, -0.05) is 259 Å². The molecule has 3 heteroatoms. The van der Waals surface area contributed by atoms with Crippen molar-refractivity contribution in [2.75, 3.05) is 7.11 Å². The van der Waals surface area contributed by atoms with Crippen LogP contribution < -0.4 is 9.47 Å². The lowest BCUT2D eigenvalue weighted by Crippen LogP contribution is -2.43. The summed E-state index contributed by atoms with van der Waals surface area (Å²) in [5, 5.41) is 12.3. The van der Waals surface area contributed by atoms with Gasteiger partial charge in [-0.2, -0.15) is 0 Å². The molecule has 0 aliphatic rings. The molecule has 0 aromatic heterocycles. The molecule has 2 unspecified atom stereocenters. The van der Waals surface area contributed by atoms with E-state index in [0.29, 0.717) is 5.92 Å². The summed E-state index contributed by atoms with van der Waals surface area (Å²) in [6, 6.07) is 6.47. The van der Waals surface area contributed by atoms with Crippen LogP contribution in [0.4, 0.5) is 0 Å². The van der Waals surface area contributed by atoms with Crippen LogP contribution in [-0.4, -0.2) is 23.9 Å². The third-order valence-electron chi connectivity index (χ3n) is 16.2. The molecule has 1 aromatic rings. The maximum atomic E-state index is 12.3. The predicted octanol–water partition coefficient (Wildman–Crippen LogP) is 22.5. The van der Waals surface area contributed by atoms with E-state index in [-0.39, 0.29) is 6.10 Å². The zero-order valence-electron chi connectivity index (χ0n) is 50.1. The first kappa shape index (κ1) is 67.3. The fraction of sp³-hybridized carbons (Fsp3) is 0.853. The highest BCUT2D eigenvalue weighted by atomic mass is 16.5. The van der Waals surface area contributed by atoms with E-state index in [1.807, 2.05) is 13.0 Å². The zero-order valence-corrected chi connectivity index (χ0v) is 50.1. The fourth-order valence-electron chi connectivity index (χ4n) is 11.0. The standard InChI is InChI=1S/C68H126O3/c1-13-14-15-16-17-18-19-20-21-22-23-24-25-26-27-28-29-30-31-51-64-54-65(70-12)56-66(55-64)71-67(68(11,69)53-38-50-63(10)48-36-44-60(7)42-33-40-58(4)5)52-37-49-62(9)47-35-46-61(8)45-34-43-59(6)41-32-39-57(2)3/h20-21,49,54-61,63,67,69H,13-19,22-48,50-53H2,1-12H3/b21-20-,62-49+/t59-,60-,61-,63-,67?,68?/m1/s1. The van der Waals surface area contributed by atoms with Crippen molar-refractivity contribution < 1.29 is 14.6 Å². The largest absolute Gasteiger partial charge is 0.497 e. The molecule has 0 spiro atoms. The summed E-state index contributed by atoms with van der Waals surface area (Å²) in [6.07, 6.45) is 55.8. The summed E-state index contributed by atoms with van der Waals surface area (Å²) in [7, 11) is 1.77. The summed E-state index contributed by atoms with van der Waals surface area (Å²) < 4.78 is 12.8. The molecule has 1 N–H and O–H groups in total. The van der Waals surface area contributed by atoms with E-state index in [1.165, 1.54) is 223 Å². The second-order valence-electron chi connectivity index (χ2n) is 25.1. The number of unbranched alkanes of at least 4 members (excludes halogenated alkanes) is 15. The molecule has 0 saturated heterocycles. The van der Waals surface area contributed by atoms with Gasteiger partial charge in [-0.05, 0) is 138 Å².